The smallest absolute Gasteiger partial charge is 0.281 e. The van der Waals surface area contributed by atoms with Crippen molar-refractivity contribution in [2.45, 2.75) is 0 Å². The van der Waals surface area contributed by atoms with Gasteiger partial charge in [0.05, 0.1) is 0 Å². The van der Waals surface area contributed by atoms with Gasteiger partial charge in [0, 0.05) is 24.8 Å². The SMILES string of the molecule is [Cu+2].[O-][Cl+3]([O-])([O-])[O-].[O-][Cl+3]([O-])([O-])[O-].c1ccc(-c2nnc3ccccn23)nc1.c1ccc(-c2nnc3ccccn23)nc1. The largest absolute Gasteiger partial charge is 2.00 e. The van der Waals surface area contributed by atoms with Gasteiger partial charge >= 0.3 is 17.1 Å². The van der Waals surface area contributed by atoms with Crippen molar-refractivity contribution in [3.63, 3.8) is 0 Å². The van der Waals surface area contributed by atoms with Gasteiger partial charge in [-0.1, -0.05) is 24.3 Å². The number of fused-ring (bicyclic) bond motifs is 2. The molecule has 1 radical (unpaired) electrons. The van der Waals surface area contributed by atoms with Gasteiger partial charge < -0.3 is 0 Å². The zero-order chi connectivity index (χ0) is 29.2. The molecule has 0 fully saturated rings. The average Bonchev–Trinajstić information content (AvgIpc) is 3.53. The summed E-state index contributed by atoms with van der Waals surface area (Å²) in [5.41, 5.74) is 3.32. The average molecular weight is 655 g/mol. The van der Waals surface area contributed by atoms with Crippen LogP contribution in [0.2, 0.25) is 0 Å². The quantitative estimate of drug-likeness (QED) is 0.157. The van der Waals surface area contributed by atoms with Crippen LogP contribution >= 0.6 is 0 Å². The van der Waals surface area contributed by atoms with Crippen molar-refractivity contribution in [1.82, 2.24) is 39.2 Å². The zero-order valence-corrected chi connectivity index (χ0v) is 22.6. The van der Waals surface area contributed by atoms with Crippen LogP contribution in [0.1, 0.15) is 0 Å². The molecule has 0 atom stereocenters. The van der Waals surface area contributed by atoms with Gasteiger partial charge in [-0.2, -0.15) is 0 Å². The molecular formula is C22H16Cl2CuN8O8. The molecule has 217 valence electrons. The van der Waals surface area contributed by atoms with Gasteiger partial charge in [-0.05, 0) is 48.5 Å². The third kappa shape index (κ3) is 11.8. The van der Waals surface area contributed by atoms with Gasteiger partial charge in [-0.15, -0.1) is 40.9 Å². The minimum absolute atomic E-state index is 0. The normalized spacial score (nSPS) is 10.7. The fourth-order valence-electron chi connectivity index (χ4n) is 3.02. The molecule has 0 N–H and O–H groups in total. The molecule has 0 aliphatic heterocycles. The van der Waals surface area contributed by atoms with Crippen molar-refractivity contribution in [3.05, 3.63) is 97.6 Å². The number of nitrogens with zero attached hydrogens (tertiary/aromatic N) is 8. The maximum absolute atomic E-state index is 8.49. The van der Waals surface area contributed by atoms with Gasteiger partial charge in [0.1, 0.15) is 11.4 Å². The number of halogens is 2. The third-order valence-electron chi connectivity index (χ3n) is 4.42. The second kappa shape index (κ2) is 15.4. The van der Waals surface area contributed by atoms with Crippen molar-refractivity contribution in [2.24, 2.45) is 0 Å². The predicted octanol–water partition coefficient (Wildman–Crippen LogP) is -5.93. The van der Waals surface area contributed by atoms with E-state index in [1.165, 1.54) is 0 Å². The van der Waals surface area contributed by atoms with E-state index < -0.39 is 20.5 Å². The summed E-state index contributed by atoms with van der Waals surface area (Å²) in [6.07, 6.45) is 7.36. The fraction of sp³-hybridized carbons (Fsp3) is 0. The Morgan fingerprint density at radius 2 is 0.805 bits per heavy atom. The molecule has 0 spiro atoms. The Kier molecular flexibility index (Phi) is 12.6. The van der Waals surface area contributed by atoms with Crippen LogP contribution in [0, 0.1) is 20.5 Å². The molecule has 0 saturated carbocycles. The van der Waals surface area contributed by atoms with E-state index in [0.29, 0.717) is 0 Å². The van der Waals surface area contributed by atoms with Crippen LogP contribution in [-0.4, -0.2) is 39.2 Å². The molecular weight excluding hydrogens is 639 g/mol. The molecule has 41 heavy (non-hydrogen) atoms. The number of hydrogen-bond acceptors (Lipinski definition) is 14. The topological polar surface area (TPSA) is 271 Å². The van der Waals surface area contributed by atoms with Crippen LogP contribution in [0.15, 0.2) is 97.6 Å². The number of aromatic nitrogens is 8. The second-order valence-corrected chi connectivity index (χ2v) is 8.60. The summed E-state index contributed by atoms with van der Waals surface area (Å²) in [7, 11) is -9.89. The minimum Gasteiger partial charge on any atom is -0.281 e. The molecule has 6 aromatic heterocycles. The van der Waals surface area contributed by atoms with E-state index in [4.69, 9.17) is 37.3 Å². The van der Waals surface area contributed by atoms with E-state index in [2.05, 4.69) is 30.4 Å². The summed E-state index contributed by atoms with van der Waals surface area (Å²) in [5, 5.41) is 16.4. The molecule has 0 aliphatic rings. The molecule has 0 unspecified atom stereocenters. The molecule has 0 amide bonds. The van der Waals surface area contributed by atoms with Crippen molar-refractivity contribution in [1.29, 1.82) is 0 Å². The first-order chi connectivity index (χ1) is 18.9. The van der Waals surface area contributed by atoms with Gasteiger partial charge in [-0.3, -0.25) is 18.8 Å². The molecule has 0 saturated heterocycles. The molecule has 6 heterocycles. The molecule has 0 aliphatic carbocycles. The summed E-state index contributed by atoms with van der Waals surface area (Å²) in [5.74, 6) is 1.54. The van der Waals surface area contributed by atoms with Crippen LogP contribution in [0.5, 0.6) is 0 Å². The van der Waals surface area contributed by atoms with Gasteiger partial charge in [0.25, 0.3) is 0 Å². The minimum atomic E-state index is -4.94. The van der Waals surface area contributed by atoms with Crippen molar-refractivity contribution < 1.29 is 74.8 Å². The van der Waals surface area contributed by atoms with E-state index in [-0.39, 0.29) is 17.1 Å². The maximum atomic E-state index is 8.49. The first-order valence-electron chi connectivity index (χ1n) is 10.6. The first kappa shape index (κ1) is 33.5. The summed E-state index contributed by atoms with van der Waals surface area (Å²) >= 11 is 0. The Balaban J connectivity index is 0.000000214. The van der Waals surface area contributed by atoms with Crippen LogP contribution in [0.4, 0.5) is 0 Å². The monoisotopic (exact) mass is 653 g/mol. The standard InChI is InChI=1S/2C11H8N4.2ClHO4.Cu/c2*1-3-7-12-9(5-1)11-14-13-10-6-2-4-8-15(10)11;2*2-1(3,4)5;/h2*1-8H;2*(H,2,3,4,5);/q;;;;+2/p-2. The molecule has 0 bridgehead atoms. The van der Waals surface area contributed by atoms with Crippen molar-refractivity contribution >= 4 is 11.3 Å². The fourth-order valence-corrected chi connectivity index (χ4v) is 3.02. The van der Waals surface area contributed by atoms with Crippen LogP contribution in [-0.2, 0) is 17.1 Å². The Hall–Kier alpha value is -3.68. The predicted molar refractivity (Wildman–Crippen MR) is 112 cm³/mol. The summed E-state index contributed by atoms with van der Waals surface area (Å²) in [4.78, 5) is 8.50. The second-order valence-electron chi connectivity index (χ2n) is 7.09. The van der Waals surface area contributed by atoms with Gasteiger partial charge in [-0.25, -0.2) is 37.3 Å². The zero-order valence-electron chi connectivity index (χ0n) is 20.1. The Morgan fingerprint density at radius 1 is 0.463 bits per heavy atom. The summed E-state index contributed by atoms with van der Waals surface area (Å²) in [6.45, 7) is 0. The number of pyridine rings is 4. The Morgan fingerprint density at radius 3 is 1.12 bits per heavy atom. The summed E-state index contributed by atoms with van der Waals surface area (Å²) < 4.78 is 71.8. The van der Waals surface area contributed by atoms with Crippen LogP contribution in [0.3, 0.4) is 0 Å². The summed E-state index contributed by atoms with van der Waals surface area (Å²) in [6, 6.07) is 23.1. The molecule has 6 rings (SSSR count). The van der Waals surface area contributed by atoms with Crippen molar-refractivity contribution in [2.75, 3.05) is 0 Å². The maximum Gasteiger partial charge on any atom is 2.00 e. The van der Waals surface area contributed by atoms with E-state index in [1.807, 2.05) is 94.0 Å². The molecule has 19 heteroatoms. The van der Waals surface area contributed by atoms with Gasteiger partial charge in [0.15, 0.2) is 22.9 Å². The Bertz CT molecular complexity index is 1480. The van der Waals surface area contributed by atoms with E-state index in [9.17, 15) is 0 Å². The number of rotatable bonds is 2. The van der Waals surface area contributed by atoms with E-state index in [0.717, 1.165) is 34.3 Å². The van der Waals surface area contributed by atoms with Gasteiger partial charge in [0.2, 0.25) is 0 Å². The molecule has 0 aromatic carbocycles. The Labute approximate surface area is 245 Å². The van der Waals surface area contributed by atoms with Crippen LogP contribution in [0.25, 0.3) is 34.3 Å². The third-order valence-corrected chi connectivity index (χ3v) is 4.42. The van der Waals surface area contributed by atoms with Crippen molar-refractivity contribution in [3.8, 4) is 23.0 Å². The number of hydrogen-bond donors (Lipinski definition) is 0. The molecule has 16 nitrogen and oxygen atoms in total. The molecule has 6 aromatic rings. The van der Waals surface area contributed by atoms with Crippen LogP contribution < -0.4 is 37.3 Å². The first-order valence-corrected chi connectivity index (χ1v) is 13.0. The van der Waals surface area contributed by atoms with E-state index in [1.54, 1.807) is 12.4 Å². The van der Waals surface area contributed by atoms with E-state index >= 15 is 0 Å².